The van der Waals surface area contributed by atoms with Crippen molar-refractivity contribution in [1.29, 1.82) is 0 Å². The molecule has 5 N–H and O–H groups in total. The number of piperidine rings is 1. The van der Waals surface area contributed by atoms with Crippen molar-refractivity contribution in [1.82, 2.24) is 16.0 Å². The predicted octanol–water partition coefficient (Wildman–Crippen LogP) is -0.656. The number of carbonyl (C=O) groups is 1. The molecule has 0 aromatic heterocycles. The highest BCUT2D eigenvalue weighted by Gasteiger charge is 2.13. The van der Waals surface area contributed by atoms with E-state index in [0.29, 0.717) is 13.1 Å². The van der Waals surface area contributed by atoms with Gasteiger partial charge in [0.2, 0.25) is 0 Å². The maximum atomic E-state index is 11.2. The van der Waals surface area contributed by atoms with E-state index in [1.54, 1.807) is 0 Å². The van der Waals surface area contributed by atoms with Crippen LogP contribution in [0.5, 0.6) is 0 Å². The minimum Gasteiger partial charge on any atom is -0.337 e. The van der Waals surface area contributed by atoms with Crippen LogP contribution in [-0.2, 0) is 0 Å². The highest BCUT2D eigenvalue weighted by Crippen LogP contribution is 2.03. The van der Waals surface area contributed by atoms with Gasteiger partial charge < -0.3 is 16.4 Å². The maximum Gasteiger partial charge on any atom is 0.316 e. The van der Waals surface area contributed by atoms with Crippen LogP contribution in [0.1, 0.15) is 19.3 Å². The Balaban J connectivity index is 2.11. The van der Waals surface area contributed by atoms with Crippen LogP contribution in [0, 0.1) is 0 Å². The van der Waals surface area contributed by atoms with Crippen molar-refractivity contribution in [2.75, 3.05) is 19.6 Å². The minimum absolute atomic E-state index is 0.131. The molecule has 0 spiro atoms. The molecule has 5 nitrogen and oxygen atoms in total. The summed E-state index contributed by atoms with van der Waals surface area (Å²) in [5.74, 6) is 0. The number of hydrogen-bond donors (Lipinski definition) is 4. The molecule has 0 radical (unpaired) electrons. The molecule has 1 heterocycles. The minimum atomic E-state index is -0.134. The van der Waals surface area contributed by atoms with Gasteiger partial charge in [-0.3, -0.25) is 5.32 Å². The van der Waals surface area contributed by atoms with Crippen LogP contribution in [-0.4, -0.2) is 31.8 Å². The summed E-state index contributed by atoms with van der Waals surface area (Å²) in [7, 11) is 0. The molecule has 5 heteroatoms. The number of nitrogens with one attached hydrogen (secondary N) is 3. The molecule has 1 unspecified atom stereocenters. The van der Waals surface area contributed by atoms with E-state index in [9.17, 15) is 4.79 Å². The van der Waals surface area contributed by atoms with Gasteiger partial charge in [-0.05, 0) is 25.8 Å². The van der Waals surface area contributed by atoms with Gasteiger partial charge in [0.1, 0.15) is 0 Å². The average Bonchev–Trinajstić information content (AvgIpc) is 2.16. The summed E-state index contributed by atoms with van der Waals surface area (Å²) in [4.78, 5) is 11.2. The lowest BCUT2D eigenvalue weighted by Gasteiger charge is -2.24. The fraction of sp³-hybridized carbons (Fsp3) is 0.875. The molecule has 0 saturated carbocycles. The van der Waals surface area contributed by atoms with Gasteiger partial charge in [-0.2, -0.15) is 0 Å². The van der Waals surface area contributed by atoms with Gasteiger partial charge in [-0.15, -0.1) is 0 Å². The smallest absolute Gasteiger partial charge is 0.316 e. The van der Waals surface area contributed by atoms with Gasteiger partial charge >= 0.3 is 6.03 Å². The number of nitrogens with two attached hydrogens (primary N) is 1. The molecule has 0 bridgehead atoms. The Bertz CT molecular complexity index is 156. The summed E-state index contributed by atoms with van der Waals surface area (Å²) < 4.78 is 0. The summed E-state index contributed by atoms with van der Waals surface area (Å²) >= 11 is 0. The van der Waals surface area contributed by atoms with Gasteiger partial charge in [-0.25, -0.2) is 4.79 Å². The standard InChI is InChI=1S/C8H18N4O/c9-4-6-11-8(13)12-7-3-1-2-5-10-7/h7,10H,1-6,9H2,(H2,11,12,13). The highest BCUT2D eigenvalue weighted by molar-refractivity contribution is 5.74. The molecule has 0 aromatic rings. The summed E-state index contributed by atoms with van der Waals surface area (Å²) in [6.45, 7) is 1.99. The largest absolute Gasteiger partial charge is 0.337 e. The van der Waals surface area contributed by atoms with Gasteiger partial charge in [-0.1, -0.05) is 0 Å². The molecule has 1 fully saturated rings. The highest BCUT2D eigenvalue weighted by atomic mass is 16.2. The van der Waals surface area contributed by atoms with Crippen molar-refractivity contribution in [2.24, 2.45) is 5.73 Å². The molecular weight excluding hydrogens is 168 g/mol. The normalized spacial score (nSPS) is 22.4. The third-order valence-electron chi connectivity index (χ3n) is 2.05. The molecule has 13 heavy (non-hydrogen) atoms. The Hall–Kier alpha value is -0.810. The van der Waals surface area contributed by atoms with Crippen molar-refractivity contribution >= 4 is 6.03 Å². The Labute approximate surface area is 78.4 Å². The summed E-state index contributed by atoms with van der Waals surface area (Å²) in [5, 5.41) is 8.72. The first-order chi connectivity index (χ1) is 6.33. The first kappa shape index (κ1) is 10.3. The molecular formula is C8H18N4O. The SMILES string of the molecule is NCCNC(=O)NC1CCCCN1. The third kappa shape index (κ3) is 4.10. The van der Waals surface area contributed by atoms with Crippen LogP contribution in [0.3, 0.4) is 0 Å². The van der Waals surface area contributed by atoms with Crippen LogP contribution >= 0.6 is 0 Å². The fourth-order valence-electron chi connectivity index (χ4n) is 1.37. The molecule has 1 aliphatic rings. The third-order valence-corrected chi connectivity index (χ3v) is 2.05. The lowest BCUT2D eigenvalue weighted by molar-refractivity contribution is 0.230. The number of rotatable bonds is 3. The van der Waals surface area contributed by atoms with Crippen molar-refractivity contribution in [3.05, 3.63) is 0 Å². The molecule has 1 atom stereocenters. The predicted molar refractivity (Wildman–Crippen MR) is 51.2 cm³/mol. The second kappa shape index (κ2) is 5.77. The molecule has 1 saturated heterocycles. The molecule has 1 aliphatic heterocycles. The average molecular weight is 186 g/mol. The Morgan fingerprint density at radius 3 is 3.00 bits per heavy atom. The van der Waals surface area contributed by atoms with E-state index in [2.05, 4.69) is 16.0 Å². The Kier molecular flexibility index (Phi) is 4.56. The van der Waals surface area contributed by atoms with Crippen LogP contribution in [0.25, 0.3) is 0 Å². The van der Waals surface area contributed by atoms with E-state index < -0.39 is 0 Å². The van der Waals surface area contributed by atoms with E-state index in [1.165, 1.54) is 12.8 Å². The van der Waals surface area contributed by atoms with Crippen LogP contribution in [0.2, 0.25) is 0 Å². The molecule has 2 amide bonds. The fourth-order valence-corrected chi connectivity index (χ4v) is 1.37. The van der Waals surface area contributed by atoms with Gasteiger partial charge in [0.25, 0.3) is 0 Å². The second-order valence-corrected chi connectivity index (χ2v) is 3.19. The van der Waals surface area contributed by atoms with E-state index >= 15 is 0 Å². The Morgan fingerprint density at radius 2 is 2.38 bits per heavy atom. The van der Waals surface area contributed by atoms with Gasteiger partial charge in [0.15, 0.2) is 0 Å². The lowest BCUT2D eigenvalue weighted by atomic mass is 10.1. The number of carbonyl (C=O) groups excluding carboxylic acids is 1. The van der Waals surface area contributed by atoms with E-state index in [0.717, 1.165) is 13.0 Å². The van der Waals surface area contributed by atoms with Gasteiger partial charge in [0.05, 0.1) is 6.17 Å². The quantitative estimate of drug-likeness (QED) is 0.472. The van der Waals surface area contributed by atoms with Crippen LogP contribution in [0.4, 0.5) is 4.79 Å². The summed E-state index contributed by atoms with van der Waals surface area (Å²) in [6.07, 6.45) is 3.51. The zero-order chi connectivity index (χ0) is 9.52. The molecule has 0 aromatic carbocycles. The topological polar surface area (TPSA) is 79.2 Å². The first-order valence-electron chi connectivity index (χ1n) is 4.81. The van der Waals surface area contributed by atoms with Crippen molar-refractivity contribution in [2.45, 2.75) is 25.4 Å². The zero-order valence-corrected chi connectivity index (χ0v) is 7.81. The van der Waals surface area contributed by atoms with Gasteiger partial charge in [0, 0.05) is 13.1 Å². The first-order valence-corrected chi connectivity index (χ1v) is 4.81. The zero-order valence-electron chi connectivity index (χ0n) is 7.81. The van der Waals surface area contributed by atoms with Crippen molar-refractivity contribution in [3.63, 3.8) is 0 Å². The van der Waals surface area contributed by atoms with E-state index in [-0.39, 0.29) is 12.2 Å². The van der Waals surface area contributed by atoms with E-state index in [4.69, 9.17) is 5.73 Å². The molecule has 1 rings (SSSR count). The summed E-state index contributed by atoms with van der Waals surface area (Å²) in [6, 6.07) is -0.134. The molecule has 76 valence electrons. The Morgan fingerprint density at radius 1 is 1.54 bits per heavy atom. The van der Waals surface area contributed by atoms with E-state index in [1.807, 2.05) is 0 Å². The second-order valence-electron chi connectivity index (χ2n) is 3.19. The number of urea groups is 1. The molecule has 0 aliphatic carbocycles. The van der Waals surface area contributed by atoms with Crippen LogP contribution in [0.15, 0.2) is 0 Å². The van der Waals surface area contributed by atoms with Crippen molar-refractivity contribution in [3.8, 4) is 0 Å². The maximum absolute atomic E-state index is 11.2. The number of amides is 2. The number of hydrogen-bond acceptors (Lipinski definition) is 3. The summed E-state index contributed by atoms with van der Waals surface area (Å²) in [5.41, 5.74) is 5.25. The monoisotopic (exact) mass is 186 g/mol. The van der Waals surface area contributed by atoms with Crippen molar-refractivity contribution < 1.29 is 4.79 Å². The van der Waals surface area contributed by atoms with Crippen LogP contribution < -0.4 is 21.7 Å². The lowest BCUT2D eigenvalue weighted by Crippen LogP contribution is -2.51.